The van der Waals surface area contributed by atoms with Crippen molar-refractivity contribution in [3.8, 4) is 0 Å². The van der Waals surface area contributed by atoms with Gasteiger partial charge in [0.1, 0.15) is 5.82 Å². The molecule has 0 aliphatic heterocycles. The van der Waals surface area contributed by atoms with Crippen LogP contribution in [0.4, 0.5) is 4.39 Å². The lowest BCUT2D eigenvalue weighted by Gasteiger charge is -2.18. The molecule has 0 bridgehead atoms. The van der Waals surface area contributed by atoms with Crippen LogP contribution < -0.4 is 16.0 Å². The molecule has 0 saturated carbocycles. The van der Waals surface area contributed by atoms with Gasteiger partial charge in [0, 0.05) is 25.5 Å². The first-order valence-electron chi connectivity index (χ1n) is 9.00. The van der Waals surface area contributed by atoms with E-state index in [1.165, 1.54) is 12.3 Å². The monoisotopic (exact) mass is 371 g/mol. The molecule has 0 radical (unpaired) electrons. The molecule has 0 aliphatic rings. The van der Waals surface area contributed by atoms with Crippen molar-refractivity contribution >= 4 is 11.9 Å². The Labute approximate surface area is 159 Å². The zero-order chi connectivity index (χ0) is 19.6. The molecule has 1 aromatic carbocycles. The van der Waals surface area contributed by atoms with E-state index >= 15 is 0 Å². The van der Waals surface area contributed by atoms with Crippen LogP contribution in [-0.2, 0) is 0 Å². The van der Waals surface area contributed by atoms with Gasteiger partial charge in [-0.15, -0.1) is 0 Å². The largest absolute Gasteiger partial charge is 0.357 e. The summed E-state index contributed by atoms with van der Waals surface area (Å²) in [7, 11) is 0. The molecule has 6 nitrogen and oxygen atoms in total. The average molecular weight is 371 g/mol. The van der Waals surface area contributed by atoms with Crippen molar-refractivity contribution in [3.05, 3.63) is 65.2 Å². The minimum absolute atomic E-state index is 0.108. The molecule has 27 heavy (non-hydrogen) atoms. The number of amides is 1. The molecule has 0 aliphatic carbocycles. The maximum atomic E-state index is 13.8. The lowest BCUT2D eigenvalue weighted by molar-refractivity contribution is 0.0954. The minimum Gasteiger partial charge on any atom is -0.357 e. The van der Waals surface area contributed by atoms with E-state index in [0.717, 1.165) is 5.56 Å². The van der Waals surface area contributed by atoms with Crippen LogP contribution in [0, 0.1) is 12.7 Å². The predicted molar refractivity (Wildman–Crippen MR) is 105 cm³/mol. The lowest BCUT2D eigenvalue weighted by Crippen LogP contribution is -2.39. The molecule has 0 spiro atoms. The summed E-state index contributed by atoms with van der Waals surface area (Å²) in [4.78, 5) is 20.4. The number of hydrogen-bond donors (Lipinski definition) is 3. The molecule has 0 fully saturated rings. The number of nitrogens with one attached hydrogen (secondary N) is 3. The quantitative estimate of drug-likeness (QED) is 0.397. The highest BCUT2D eigenvalue weighted by Gasteiger charge is 2.10. The summed E-state index contributed by atoms with van der Waals surface area (Å²) in [5.41, 5.74) is 1.98. The molecule has 1 amide bonds. The summed E-state index contributed by atoms with van der Waals surface area (Å²) in [5.74, 6) is 0.211. The normalized spacial score (nSPS) is 12.4. The number of benzene rings is 1. The van der Waals surface area contributed by atoms with Crippen molar-refractivity contribution in [1.82, 2.24) is 20.9 Å². The zero-order valence-electron chi connectivity index (χ0n) is 15.9. The highest BCUT2D eigenvalue weighted by molar-refractivity contribution is 5.93. The maximum Gasteiger partial charge on any atom is 0.252 e. The van der Waals surface area contributed by atoms with Crippen LogP contribution in [0.25, 0.3) is 0 Å². The number of carbonyl (C=O) groups is 1. The molecule has 1 atom stereocenters. The van der Waals surface area contributed by atoms with E-state index in [9.17, 15) is 9.18 Å². The zero-order valence-corrected chi connectivity index (χ0v) is 15.9. The second kappa shape index (κ2) is 10.3. The summed E-state index contributed by atoms with van der Waals surface area (Å²) in [6.45, 7) is 7.16. The van der Waals surface area contributed by atoms with Crippen molar-refractivity contribution in [2.24, 2.45) is 4.99 Å². The first kappa shape index (κ1) is 20.4. The average Bonchev–Trinajstić information content (AvgIpc) is 2.67. The van der Waals surface area contributed by atoms with Crippen molar-refractivity contribution < 1.29 is 9.18 Å². The lowest BCUT2D eigenvalue weighted by atomic mass is 10.1. The number of carbonyl (C=O) groups excluding carboxylic acids is 1. The molecule has 0 saturated heterocycles. The third-order valence-electron chi connectivity index (χ3n) is 3.98. The molecule has 3 N–H and O–H groups in total. The van der Waals surface area contributed by atoms with E-state index < -0.39 is 0 Å². The summed E-state index contributed by atoms with van der Waals surface area (Å²) >= 11 is 0. The van der Waals surface area contributed by atoms with E-state index in [4.69, 9.17) is 0 Å². The van der Waals surface area contributed by atoms with Gasteiger partial charge >= 0.3 is 0 Å². The Kier molecular flexibility index (Phi) is 7.73. The van der Waals surface area contributed by atoms with E-state index in [0.29, 0.717) is 36.7 Å². The highest BCUT2D eigenvalue weighted by Crippen LogP contribution is 2.16. The van der Waals surface area contributed by atoms with Crippen LogP contribution in [0.5, 0.6) is 0 Å². The second-order valence-corrected chi connectivity index (χ2v) is 6.13. The Morgan fingerprint density at radius 1 is 1.30 bits per heavy atom. The van der Waals surface area contributed by atoms with Crippen LogP contribution in [0.3, 0.4) is 0 Å². The molecule has 1 heterocycles. The van der Waals surface area contributed by atoms with Gasteiger partial charge in [-0.25, -0.2) is 4.39 Å². The molecule has 2 rings (SSSR count). The Morgan fingerprint density at radius 3 is 2.78 bits per heavy atom. The first-order valence-corrected chi connectivity index (χ1v) is 9.00. The fourth-order valence-electron chi connectivity index (χ4n) is 2.42. The van der Waals surface area contributed by atoms with Crippen molar-refractivity contribution in [3.63, 3.8) is 0 Å². The summed E-state index contributed by atoms with van der Waals surface area (Å²) in [6.07, 6.45) is 3.14. The van der Waals surface area contributed by atoms with E-state index in [1.807, 2.05) is 19.9 Å². The van der Waals surface area contributed by atoms with E-state index in [2.05, 4.69) is 25.9 Å². The van der Waals surface area contributed by atoms with Gasteiger partial charge in [-0.3, -0.25) is 14.8 Å². The number of nitrogens with zero attached hydrogens (tertiary/aromatic N) is 2. The SMILES string of the molecule is CCNC(=NCCNC(=O)c1cccnc1)NC(C)c1ccc(C)c(F)c1. The third-order valence-corrected chi connectivity index (χ3v) is 3.98. The Hall–Kier alpha value is -2.96. The maximum absolute atomic E-state index is 13.8. The number of aliphatic imine (C=N–C) groups is 1. The molecule has 1 aromatic heterocycles. The van der Waals surface area contributed by atoms with Crippen LogP contribution >= 0.6 is 0 Å². The Bertz CT molecular complexity index is 779. The van der Waals surface area contributed by atoms with Gasteiger partial charge in [0.15, 0.2) is 5.96 Å². The molecular weight excluding hydrogens is 345 g/mol. The number of rotatable bonds is 7. The highest BCUT2D eigenvalue weighted by atomic mass is 19.1. The Balaban J connectivity index is 1.89. The van der Waals surface area contributed by atoms with E-state index in [-0.39, 0.29) is 17.8 Å². The standard InChI is InChI=1S/C20H26FN5O/c1-4-23-20(26-15(3)16-8-7-14(2)18(21)12-16)25-11-10-24-19(27)17-6-5-9-22-13-17/h5-9,12-13,15H,4,10-11H2,1-3H3,(H,24,27)(H2,23,25,26). The number of aryl methyl sites for hydroxylation is 1. The third kappa shape index (κ3) is 6.36. The van der Waals surface area contributed by atoms with Crippen molar-refractivity contribution in [1.29, 1.82) is 0 Å². The first-order chi connectivity index (χ1) is 13.0. The number of halogens is 1. The molecule has 1 unspecified atom stereocenters. The van der Waals surface area contributed by atoms with Gasteiger partial charge in [-0.2, -0.15) is 0 Å². The van der Waals surface area contributed by atoms with Crippen LogP contribution in [-0.4, -0.2) is 36.5 Å². The number of hydrogen-bond acceptors (Lipinski definition) is 3. The topological polar surface area (TPSA) is 78.4 Å². The van der Waals surface area contributed by atoms with Crippen molar-refractivity contribution in [2.75, 3.05) is 19.6 Å². The summed E-state index contributed by atoms with van der Waals surface area (Å²) in [5, 5.41) is 9.21. The van der Waals surface area contributed by atoms with Gasteiger partial charge in [0.2, 0.25) is 0 Å². The van der Waals surface area contributed by atoms with E-state index in [1.54, 1.807) is 31.3 Å². The molecule has 144 valence electrons. The number of aromatic nitrogens is 1. The van der Waals surface area contributed by atoms with Crippen molar-refractivity contribution in [2.45, 2.75) is 26.8 Å². The predicted octanol–water partition coefficient (Wildman–Crippen LogP) is 2.58. The minimum atomic E-state index is -0.221. The molecular formula is C20H26FN5O. The van der Waals surface area contributed by atoms with Gasteiger partial charge in [0.05, 0.1) is 18.2 Å². The fraction of sp³-hybridized carbons (Fsp3) is 0.350. The summed E-state index contributed by atoms with van der Waals surface area (Å²) < 4.78 is 13.8. The van der Waals surface area contributed by atoms with Crippen LogP contribution in [0.2, 0.25) is 0 Å². The number of pyridine rings is 1. The van der Waals surface area contributed by atoms with Gasteiger partial charge in [-0.1, -0.05) is 12.1 Å². The van der Waals surface area contributed by atoms with Crippen LogP contribution in [0.15, 0.2) is 47.7 Å². The number of guanidine groups is 1. The fourth-order valence-corrected chi connectivity index (χ4v) is 2.42. The van der Waals surface area contributed by atoms with Gasteiger partial charge in [0.25, 0.3) is 5.91 Å². The Morgan fingerprint density at radius 2 is 2.11 bits per heavy atom. The smallest absolute Gasteiger partial charge is 0.252 e. The van der Waals surface area contributed by atoms with Crippen LogP contribution in [0.1, 0.15) is 41.4 Å². The van der Waals surface area contributed by atoms with Gasteiger partial charge < -0.3 is 16.0 Å². The molecule has 7 heteroatoms. The second-order valence-electron chi connectivity index (χ2n) is 6.13. The molecule has 2 aromatic rings. The summed E-state index contributed by atoms with van der Waals surface area (Å²) in [6, 6.07) is 8.51. The van der Waals surface area contributed by atoms with Gasteiger partial charge in [-0.05, 0) is 50.1 Å².